The molecule has 2 N–H and O–H groups in total. The number of aromatic nitrogens is 3. The maximum absolute atomic E-state index is 12.5. The zero-order valence-corrected chi connectivity index (χ0v) is 19.4. The maximum Gasteiger partial charge on any atom is 0.269 e. The van der Waals surface area contributed by atoms with Crippen LogP contribution in [0.3, 0.4) is 0 Å². The fourth-order valence-corrected chi connectivity index (χ4v) is 4.78. The van der Waals surface area contributed by atoms with E-state index in [9.17, 15) is 4.79 Å². The molecule has 0 saturated heterocycles. The minimum atomic E-state index is -0.185. The summed E-state index contributed by atoms with van der Waals surface area (Å²) in [7, 11) is 5.58. The molecule has 5 rings (SSSR count). The van der Waals surface area contributed by atoms with E-state index in [0.29, 0.717) is 5.69 Å². The smallest absolute Gasteiger partial charge is 0.269 e. The normalized spacial score (nSPS) is 15.5. The Balaban J connectivity index is 1.71. The van der Waals surface area contributed by atoms with Crippen molar-refractivity contribution in [3.63, 3.8) is 0 Å². The Morgan fingerprint density at radius 3 is 2.70 bits per heavy atom. The molecule has 3 heterocycles. The van der Waals surface area contributed by atoms with Gasteiger partial charge in [-0.1, -0.05) is 24.3 Å². The van der Waals surface area contributed by atoms with E-state index in [4.69, 9.17) is 4.98 Å². The summed E-state index contributed by atoms with van der Waals surface area (Å²) in [6.07, 6.45) is 4.89. The first-order valence-electron chi connectivity index (χ1n) is 11.2. The van der Waals surface area contributed by atoms with E-state index in [0.717, 1.165) is 40.8 Å². The third-order valence-electron chi connectivity index (χ3n) is 6.48. The van der Waals surface area contributed by atoms with Gasteiger partial charge in [0, 0.05) is 49.5 Å². The number of nitrogens with zero attached hydrogens (tertiary/aromatic N) is 4. The van der Waals surface area contributed by atoms with Crippen molar-refractivity contribution >= 4 is 28.2 Å². The molecule has 0 saturated carbocycles. The summed E-state index contributed by atoms with van der Waals surface area (Å²) in [5.41, 5.74) is 6.24. The summed E-state index contributed by atoms with van der Waals surface area (Å²) < 4.78 is 1.83. The fourth-order valence-electron chi connectivity index (χ4n) is 4.78. The molecule has 1 aliphatic heterocycles. The lowest BCUT2D eigenvalue weighted by Crippen LogP contribution is -2.33. The molecule has 7 nitrogen and oxygen atoms in total. The highest BCUT2D eigenvalue weighted by Gasteiger charge is 2.29. The lowest BCUT2D eigenvalue weighted by atomic mass is 9.90. The number of amides is 1. The SMILES string of the molecule is CNC(=O)c1cc2ccccc2c(N2CCC(NC)c3cc(-c4cnn(C)c4)c(C)cc32)n1. The molecular weight excluding hydrogens is 412 g/mol. The zero-order valence-electron chi connectivity index (χ0n) is 19.4. The topological polar surface area (TPSA) is 75.1 Å². The van der Waals surface area contributed by atoms with Crippen LogP contribution >= 0.6 is 0 Å². The molecule has 33 heavy (non-hydrogen) atoms. The molecule has 0 spiro atoms. The number of carbonyl (C=O) groups is 1. The summed E-state index contributed by atoms with van der Waals surface area (Å²) in [5, 5.41) is 12.6. The van der Waals surface area contributed by atoms with Crippen LogP contribution in [0.5, 0.6) is 0 Å². The van der Waals surface area contributed by atoms with Gasteiger partial charge in [0.15, 0.2) is 0 Å². The number of hydrogen-bond donors (Lipinski definition) is 2. The van der Waals surface area contributed by atoms with Crippen molar-refractivity contribution in [2.75, 3.05) is 25.5 Å². The quantitative estimate of drug-likeness (QED) is 0.500. The Labute approximate surface area is 193 Å². The van der Waals surface area contributed by atoms with Gasteiger partial charge < -0.3 is 15.5 Å². The monoisotopic (exact) mass is 440 g/mol. The van der Waals surface area contributed by atoms with E-state index in [2.05, 4.69) is 45.8 Å². The van der Waals surface area contributed by atoms with E-state index in [1.54, 1.807) is 7.05 Å². The Morgan fingerprint density at radius 1 is 1.15 bits per heavy atom. The highest BCUT2D eigenvalue weighted by Crippen LogP contribution is 2.43. The number of carbonyl (C=O) groups excluding carboxylic acids is 1. The molecule has 0 bridgehead atoms. The maximum atomic E-state index is 12.5. The van der Waals surface area contributed by atoms with Crippen LogP contribution in [0.25, 0.3) is 21.9 Å². The van der Waals surface area contributed by atoms with Crippen molar-refractivity contribution in [3.05, 3.63) is 71.7 Å². The van der Waals surface area contributed by atoms with Crippen molar-refractivity contribution in [2.45, 2.75) is 19.4 Å². The molecule has 2 aromatic heterocycles. The highest BCUT2D eigenvalue weighted by molar-refractivity contribution is 6.01. The van der Waals surface area contributed by atoms with Crippen LogP contribution in [0.1, 0.15) is 34.1 Å². The van der Waals surface area contributed by atoms with Crippen LogP contribution in [-0.2, 0) is 7.05 Å². The van der Waals surface area contributed by atoms with Gasteiger partial charge in [-0.05, 0) is 60.7 Å². The van der Waals surface area contributed by atoms with E-state index in [-0.39, 0.29) is 11.9 Å². The number of hydrogen-bond acceptors (Lipinski definition) is 5. The number of anilines is 2. The van der Waals surface area contributed by atoms with Gasteiger partial charge in [-0.15, -0.1) is 0 Å². The van der Waals surface area contributed by atoms with Gasteiger partial charge in [0.2, 0.25) is 0 Å². The first-order valence-corrected chi connectivity index (χ1v) is 11.2. The second-order valence-corrected chi connectivity index (χ2v) is 8.54. The summed E-state index contributed by atoms with van der Waals surface area (Å²) in [4.78, 5) is 19.6. The van der Waals surface area contributed by atoms with Gasteiger partial charge in [0.25, 0.3) is 5.91 Å². The van der Waals surface area contributed by atoms with Gasteiger partial charge in [-0.25, -0.2) is 4.98 Å². The van der Waals surface area contributed by atoms with Crippen LogP contribution in [-0.4, -0.2) is 41.3 Å². The predicted octanol–water partition coefficient (Wildman–Crippen LogP) is 4.11. The van der Waals surface area contributed by atoms with Crippen molar-refractivity contribution in [1.82, 2.24) is 25.4 Å². The van der Waals surface area contributed by atoms with E-state index >= 15 is 0 Å². The standard InChI is InChI=1S/C26H28N6O/c1-16-11-24-21(13-20(16)18-14-29-31(4)15-18)22(27-2)9-10-32(24)25-19-8-6-5-7-17(19)12-23(30-25)26(33)28-3/h5-8,11-15,22,27H,9-10H2,1-4H3,(H,28,33). The molecule has 7 heteroatoms. The molecule has 0 aliphatic carbocycles. The zero-order chi connectivity index (χ0) is 23.1. The minimum Gasteiger partial charge on any atom is -0.354 e. The number of pyridine rings is 1. The molecule has 2 aromatic carbocycles. The molecule has 1 amide bonds. The highest BCUT2D eigenvalue weighted by atomic mass is 16.1. The second kappa shape index (κ2) is 8.33. The number of nitrogens with one attached hydrogen (secondary N) is 2. The molecule has 1 atom stereocenters. The lowest BCUT2D eigenvalue weighted by molar-refractivity contribution is 0.0958. The van der Waals surface area contributed by atoms with Gasteiger partial charge in [0.05, 0.1) is 6.20 Å². The van der Waals surface area contributed by atoms with Crippen LogP contribution < -0.4 is 15.5 Å². The molecule has 1 unspecified atom stereocenters. The number of aryl methyl sites for hydroxylation is 2. The number of rotatable bonds is 4. The predicted molar refractivity (Wildman–Crippen MR) is 132 cm³/mol. The summed E-state index contributed by atoms with van der Waals surface area (Å²) in [6, 6.07) is 14.7. The van der Waals surface area contributed by atoms with Crippen LogP contribution in [0, 0.1) is 6.92 Å². The van der Waals surface area contributed by atoms with Crippen molar-refractivity contribution in [1.29, 1.82) is 0 Å². The molecule has 4 aromatic rings. The molecule has 1 aliphatic rings. The molecule has 0 fully saturated rings. The molecule has 168 valence electrons. The van der Waals surface area contributed by atoms with Crippen molar-refractivity contribution in [3.8, 4) is 11.1 Å². The molecule has 0 radical (unpaired) electrons. The van der Waals surface area contributed by atoms with Crippen LogP contribution in [0.4, 0.5) is 11.5 Å². The average molecular weight is 441 g/mol. The Bertz CT molecular complexity index is 1360. The van der Waals surface area contributed by atoms with Crippen molar-refractivity contribution in [2.24, 2.45) is 7.05 Å². The summed E-state index contributed by atoms with van der Waals surface area (Å²) in [6.45, 7) is 2.94. The lowest BCUT2D eigenvalue weighted by Gasteiger charge is -2.36. The second-order valence-electron chi connectivity index (χ2n) is 8.54. The number of benzene rings is 2. The van der Waals surface area contributed by atoms with Crippen LogP contribution in [0.2, 0.25) is 0 Å². The Morgan fingerprint density at radius 2 is 1.97 bits per heavy atom. The Hall–Kier alpha value is -3.71. The van der Waals surface area contributed by atoms with E-state index in [1.807, 2.05) is 55.4 Å². The van der Waals surface area contributed by atoms with Gasteiger partial charge >= 0.3 is 0 Å². The van der Waals surface area contributed by atoms with Gasteiger partial charge in [-0.2, -0.15) is 5.10 Å². The first kappa shape index (κ1) is 21.2. The largest absolute Gasteiger partial charge is 0.354 e. The van der Waals surface area contributed by atoms with Gasteiger partial charge in [0.1, 0.15) is 11.5 Å². The summed E-state index contributed by atoms with van der Waals surface area (Å²) in [5.74, 6) is 0.631. The summed E-state index contributed by atoms with van der Waals surface area (Å²) >= 11 is 0. The van der Waals surface area contributed by atoms with E-state index < -0.39 is 0 Å². The minimum absolute atomic E-state index is 0.185. The average Bonchev–Trinajstić information content (AvgIpc) is 3.27. The molecular formula is C26H28N6O. The van der Waals surface area contributed by atoms with Crippen LogP contribution in [0.15, 0.2) is 54.9 Å². The van der Waals surface area contributed by atoms with Gasteiger partial charge in [-0.3, -0.25) is 9.48 Å². The van der Waals surface area contributed by atoms with E-state index in [1.165, 1.54) is 16.7 Å². The third kappa shape index (κ3) is 3.64. The first-order chi connectivity index (χ1) is 16.0. The van der Waals surface area contributed by atoms with Crippen molar-refractivity contribution < 1.29 is 4.79 Å². The third-order valence-corrected chi connectivity index (χ3v) is 6.48. The fraction of sp³-hybridized carbons (Fsp3) is 0.269. The number of fused-ring (bicyclic) bond motifs is 2. The Kier molecular flexibility index (Phi) is 5.34.